The molecule has 1 aliphatic rings. The molecule has 0 bridgehead atoms. The topological polar surface area (TPSA) is 53.1 Å². The van der Waals surface area contributed by atoms with Crippen LogP contribution in [0.1, 0.15) is 18.0 Å². The van der Waals surface area contributed by atoms with E-state index in [0.29, 0.717) is 18.0 Å². The van der Waals surface area contributed by atoms with E-state index in [1.54, 1.807) is 23.0 Å². The molecule has 94 valence electrons. The van der Waals surface area contributed by atoms with Crippen molar-refractivity contribution in [2.24, 2.45) is 0 Å². The molecule has 1 aliphatic heterocycles. The number of benzene rings is 1. The van der Waals surface area contributed by atoms with Gasteiger partial charge in [-0.15, -0.1) is 0 Å². The van der Waals surface area contributed by atoms with Crippen LogP contribution in [-0.2, 0) is 4.74 Å². The fourth-order valence-corrected chi connectivity index (χ4v) is 2.22. The van der Waals surface area contributed by atoms with Crippen molar-refractivity contribution in [1.82, 2.24) is 9.78 Å². The van der Waals surface area contributed by atoms with E-state index in [-0.39, 0.29) is 11.7 Å². The van der Waals surface area contributed by atoms with Crippen LogP contribution >= 0.6 is 0 Å². The first-order chi connectivity index (χ1) is 8.74. The molecule has 0 aliphatic carbocycles. The summed E-state index contributed by atoms with van der Waals surface area (Å²) in [5.74, 6) is -0.0351. The third kappa shape index (κ3) is 1.97. The molecular weight excluding hydrogens is 233 g/mol. The zero-order valence-electron chi connectivity index (χ0n) is 9.84. The minimum absolute atomic E-state index is 0.250. The highest BCUT2D eigenvalue weighted by Crippen LogP contribution is 2.28. The molecule has 4 nitrogen and oxygen atoms in total. The molecule has 0 saturated carbocycles. The van der Waals surface area contributed by atoms with E-state index in [4.69, 9.17) is 10.5 Å². The van der Waals surface area contributed by atoms with E-state index >= 15 is 0 Å². The lowest BCUT2D eigenvalue weighted by atomic mass is 10.0. The molecule has 1 fully saturated rings. The SMILES string of the molecule is Nc1cn(-c2cccc(F)c2)nc1C1CCOC1. The van der Waals surface area contributed by atoms with Crippen LogP contribution in [0.15, 0.2) is 30.5 Å². The monoisotopic (exact) mass is 247 g/mol. The Morgan fingerprint density at radius 3 is 3.06 bits per heavy atom. The highest BCUT2D eigenvalue weighted by molar-refractivity contribution is 5.46. The zero-order valence-corrected chi connectivity index (χ0v) is 9.84. The maximum absolute atomic E-state index is 13.2. The van der Waals surface area contributed by atoms with Crippen molar-refractivity contribution in [2.75, 3.05) is 18.9 Å². The van der Waals surface area contributed by atoms with Crippen LogP contribution in [0.4, 0.5) is 10.1 Å². The van der Waals surface area contributed by atoms with Crippen molar-refractivity contribution in [3.63, 3.8) is 0 Å². The molecule has 2 N–H and O–H groups in total. The molecule has 1 saturated heterocycles. The number of anilines is 1. The second kappa shape index (κ2) is 4.42. The smallest absolute Gasteiger partial charge is 0.125 e. The van der Waals surface area contributed by atoms with Crippen molar-refractivity contribution in [3.8, 4) is 5.69 Å². The molecular formula is C13H14FN3O. The van der Waals surface area contributed by atoms with Gasteiger partial charge in [0.05, 0.1) is 29.9 Å². The predicted octanol–water partition coefficient (Wildman–Crippen LogP) is 2.10. The Morgan fingerprint density at radius 2 is 2.33 bits per heavy atom. The minimum atomic E-state index is -0.285. The Kier molecular flexibility index (Phi) is 2.76. The van der Waals surface area contributed by atoms with Crippen LogP contribution in [0.5, 0.6) is 0 Å². The quantitative estimate of drug-likeness (QED) is 0.884. The standard InChI is InChI=1S/C13H14FN3O/c14-10-2-1-3-11(6-10)17-7-12(15)13(16-17)9-4-5-18-8-9/h1-3,6-7,9H,4-5,8,15H2. The van der Waals surface area contributed by atoms with Crippen molar-refractivity contribution in [3.05, 3.63) is 42.0 Å². The summed E-state index contributed by atoms with van der Waals surface area (Å²) >= 11 is 0. The number of aromatic nitrogens is 2. The Bertz CT molecular complexity index is 561. The molecule has 1 atom stereocenters. The van der Waals surface area contributed by atoms with E-state index in [2.05, 4.69) is 5.10 Å². The summed E-state index contributed by atoms with van der Waals surface area (Å²) < 4.78 is 20.1. The van der Waals surface area contributed by atoms with Gasteiger partial charge >= 0.3 is 0 Å². The minimum Gasteiger partial charge on any atom is -0.396 e. The maximum Gasteiger partial charge on any atom is 0.125 e. The van der Waals surface area contributed by atoms with Gasteiger partial charge in [-0.05, 0) is 24.6 Å². The molecule has 18 heavy (non-hydrogen) atoms. The number of halogens is 1. The lowest BCUT2D eigenvalue weighted by Crippen LogP contribution is -2.03. The van der Waals surface area contributed by atoms with E-state index in [1.165, 1.54) is 12.1 Å². The highest BCUT2D eigenvalue weighted by atomic mass is 19.1. The van der Waals surface area contributed by atoms with Crippen LogP contribution in [-0.4, -0.2) is 23.0 Å². The number of hydrogen-bond acceptors (Lipinski definition) is 3. The third-order valence-corrected chi connectivity index (χ3v) is 3.16. The van der Waals surface area contributed by atoms with Crippen molar-refractivity contribution < 1.29 is 9.13 Å². The van der Waals surface area contributed by atoms with Crippen molar-refractivity contribution in [1.29, 1.82) is 0 Å². The third-order valence-electron chi connectivity index (χ3n) is 3.16. The van der Waals surface area contributed by atoms with E-state index in [9.17, 15) is 4.39 Å². The molecule has 1 aromatic heterocycles. The summed E-state index contributed by atoms with van der Waals surface area (Å²) in [7, 11) is 0. The van der Waals surface area contributed by atoms with Gasteiger partial charge < -0.3 is 10.5 Å². The summed E-state index contributed by atoms with van der Waals surface area (Å²) in [5.41, 5.74) is 8.12. The van der Waals surface area contributed by atoms with Crippen LogP contribution in [0, 0.1) is 5.82 Å². The van der Waals surface area contributed by atoms with Gasteiger partial charge in [-0.25, -0.2) is 9.07 Å². The van der Waals surface area contributed by atoms with Crippen molar-refractivity contribution >= 4 is 5.69 Å². The molecule has 0 amide bonds. The molecule has 1 unspecified atom stereocenters. The largest absolute Gasteiger partial charge is 0.396 e. The Balaban J connectivity index is 1.96. The first-order valence-electron chi connectivity index (χ1n) is 5.93. The maximum atomic E-state index is 13.2. The van der Waals surface area contributed by atoms with Gasteiger partial charge in [0, 0.05) is 12.5 Å². The first-order valence-corrected chi connectivity index (χ1v) is 5.93. The fraction of sp³-hybridized carbons (Fsp3) is 0.308. The second-order valence-electron chi connectivity index (χ2n) is 4.45. The Hall–Kier alpha value is -1.88. The molecule has 3 rings (SSSR count). The summed E-state index contributed by atoms with van der Waals surface area (Å²) in [6.45, 7) is 1.40. The van der Waals surface area contributed by atoms with E-state index in [0.717, 1.165) is 18.7 Å². The van der Waals surface area contributed by atoms with Gasteiger partial charge in [-0.2, -0.15) is 5.10 Å². The van der Waals surface area contributed by atoms with Crippen LogP contribution < -0.4 is 5.73 Å². The average Bonchev–Trinajstić information content (AvgIpc) is 2.97. The predicted molar refractivity (Wildman–Crippen MR) is 66.1 cm³/mol. The van der Waals surface area contributed by atoms with E-state index < -0.39 is 0 Å². The normalized spacial score (nSPS) is 19.3. The number of nitrogens with zero attached hydrogens (tertiary/aromatic N) is 2. The van der Waals surface area contributed by atoms with Crippen molar-refractivity contribution in [2.45, 2.75) is 12.3 Å². The fourth-order valence-electron chi connectivity index (χ4n) is 2.22. The number of rotatable bonds is 2. The number of hydrogen-bond donors (Lipinski definition) is 1. The van der Waals surface area contributed by atoms with Crippen LogP contribution in [0.3, 0.4) is 0 Å². The molecule has 0 radical (unpaired) electrons. The van der Waals surface area contributed by atoms with Gasteiger partial charge in [0.2, 0.25) is 0 Å². The highest BCUT2D eigenvalue weighted by Gasteiger charge is 2.23. The number of ether oxygens (including phenoxy) is 1. The molecule has 0 spiro atoms. The zero-order chi connectivity index (χ0) is 12.5. The van der Waals surface area contributed by atoms with Gasteiger partial charge in [0.25, 0.3) is 0 Å². The molecule has 1 aromatic carbocycles. The summed E-state index contributed by atoms with van der Waals surface area (Å²) in [6, 6.07) is 6.29. The summed E-state index contributed by atoms with van der Waals surface area (Å²) in [6.07, 6.45) is 2.66. The summed E-state index contributed by atoms with van der Waals surface area (Å²) in [4.78, 5) is 0. The number of nitrogens with two attached hydrogens (primary N) is 1. The summed E-state index contributed by atoms with van der Waals surface area (Å²) in [5, 5.41) is 4.45. The van der Waals surface area contributed by atoms with Crippen LogP contribution in [0.2, 0.25) is 0 Å². The average molecular weight is 247 g/mol. The van der Waals surface area contributed by atoms with E-state index in [1.807, 2.05) is 0 Å². The Labute approximate surface area is 104 Å². The van der Waals surface area contributed by atoms with Gasteiger partial charge in [-0.1, -0.05) is 6.07 Å². The molecule has 5 heteroatoms. The molecule has 2 heterocycles. The lowest BCUT2D eigenvalue weighted by Gasteiger charge is -2.04. The van der Waals surface area contributed by atoms with Gasteiger partial charge in [-0.3, -0.25) is 0 Å². The molecule has 2 aromatic rings. The lowest BCUT2D eigenvalue weighted by molar-refractivity contribution is 0.193. The van der Waals surface area contributed by atoms with Gasteiger partial charge in [0.15, 0.2) is 0 Å². The first kappa shape index (κ1) is 11.2. The Morgan fingerprint density at radius 1 is 1.44 bits per heavy atom. The second-order valence-corrected chi connectivity index (χ2v) is 4.45. The number of nitrogen functional groups attached to an aromatic ring is 1. The van der Waals surface area contributed by atoms with Gasteiger partial charge in [0.1, 0.15) is 5.82 Å². The van der Waals surface area contributed by atoms with Crippen LogP contribution in [0.25, 0.3) is 5.69 Å².